The summed E-state index contributed by atoms with van der Waals surface area (Å²) in [6, 6.07) is 7.09. The van der Waals surface area contributed by atoms with E-state index in [9.17, 15) is 18.4 Å². The maximum atomic E-state index is 12.7. The molecule has 3 aromatic rings. The zero-order chi connectivity index (χ0) is 17.7. The van der Waals surface area contributed by atoms with Crippen LogP contribution in [0.5, 0.6) is 0 Å². The molecule has 1 unspecified atom stereocenters. The SMILES string of the molecule is O[N+]1(c2ncc(-c3ccc(C(F)(F)F)cc3)s2)CCc2ccsc2C1. The van der Waals surface area contributed by atoms with Crippen molar-refractivity contribution in [3.05, 3.63) is 57.9 Å². The second-order valence-corrected chi connectivity index (χ2v) is 8.02. The molecule has 3 heterocycles. The second kappa shape index (κ2) is 5.91. The first kappa shape index (κ1) is 16.7. The quantitative estimate of drug-likeness (QED) is 0.606. The topological polar surface area (TPSA) is 33.1 Å². The molecule has 0 amide bonds. The molecule has 0 spiro atoms. The van der Waals surface area contributed by atoms with Crippen LogP contribution in [-0.4, -0.2) is 16.7 Å². The van der Waals surface area contributed by atoms with Gasteiger partial charge in [-0.1, -0.05) is 23.5 Å². The highest BCUT2D eigenvalue weighted by atomic mass is 32.1. The molecule has 1 N–H and O–H groups in total. The van der Waals surface area contributed by atoms with Crippen LogP contribution < -0.4 is 4.65 Å². The van der Waals surface area contributed by atoms with Crippen molar-refractivity contribution in [2.75, 3.05) is 6.54 Å². The van der Waals surface area contributed by atoms with Crippen LogP contribution in [0.2, 0.25) is 0 Å². The molecule has 25 heavy (non-hydrogen) atoms. The predicted molar refractivity (Wildman–Crippen MR) is 92.7 cm³/mol. The van der Waals surface area contributed by atoms with E-state index in [1.54, 1.807) is 17.5 Å². The van der Waals surface area contributed by atoms with Crippen LogP contribution in [0.1, 0.15) is 16.0 Å². The number of hydrogen-bond donors (Lipinski definition) is 1. The summed E-state index contributed by atoms with van der Waals surface area (Å²) in [6.45, 7) is 1.02. The Morgan fingerprint density at radius 2 is 1.88 bits per heavy atom. The lowest BCUT2D eigenvalue weighted by molar-refractivity contribution is -0.137. The van der Waals surface area contributed by atoms with Gasteiger partial charge in [-0.05, 0) is 34.7 Å². The van der Waals surface area contributed by atoms with Crippen molar-refractivity contribution in [3.63, 3.8) is 0 Å². The number of alkyl halides is 3. The summed E-state index contributed by atoms with van der Waals surface area (Å²) < 4.78 is 37.8. The Kier molecular flexibility index (Phi) is 3.95. The van der Waals surface area contributed by atoms with Gasteiger partial charge in [0.15, 0.2) is 6.54 Å². The Hall–Kier alpha value is -1.74. The summed E-state index contributed by atoms with van der Waals surface area (Å²) in [7, 11) is 0. The van der Waals surface area contributed by atoms with Gasteiger partial charge in [0.1, 0.15) is 6.54 Å². The highest BCUT2D eigenvalue weighted by Gasteiger charge is 2.38. The standard InChI is InChI=1S/C17H14F3N2OS2/c18-17(19,20)13-3-1-11(2-4-13)14-9-21-16(25-14)22(23)7-5-12-6-8-24-15(12)10-22/h1-4,6,8-9,23H,5,7,10H2/q+1. The Balaban J connectivity index is 1.60. The second-order valence-electron chi connectivity index (χ2n) is 6.01. The van der Waals surface area contributed by atoms with E-state index in [1.807, 2.05) is 5.38 Å². The van der Waals surface area contributed by atoms with E-state index in [2.05, 4.69) is 11.1 Å². The van der Waals surface area contributed by atoms with E-state index in [1.165, 1.54) is 29.0 Å². The van der Waals surface area contributed by atoms with Gasteiger partial charge in [0, 0.05) is 6.42 Å². The Bertz CT molecular complexity index is 901. The summed E-state index contributed by atoms with van der Waals surface area (Å²) in [5.41, 5.74) is 1.26. The fourth-order valence-corrected chi connectivity index (χ4v) is 4.92. The lowest BCUT2D eigenvalue weighted by Crippen LogP contribution is -2.48. The molecule has 0 saturated heterocycles. The first-order chi connectivity index (χ1) is 11.9. The Labute approximate surface area is 150 Å². The average Bonchev–Trinajstić information content (AvgIpc) is 3.23. The molecule has 0 radical (unpaired) electrons. The predicted octanol–water partition coefficient (Wildman–Crippen LogP) is 5.34. The van der Waals surface area contributed by atoms with Crippen molar-refractivity contribution in [1.29, 1.82) is 0 Å². The maximum Gasteiger partial charge on any atom is 0.416 e. The molecular weight excluding hydrogens is 369 g/mol. The number of quaternary nitrogens is 1. The van der Waals surface area contributed by atoms with E-state index >= 15 is 0 Å². The molecule has 0 fully saturated rings. The molecule has 1 aliphatic rings. The third kappa shape index (κ3) is 3.10. The van der Waals surface area contributed by atoms with Gasteiger partial charge in [0.2, 0.25) is 0 Å². The number of hydroxylamine groups is 2. The Morgan fingerprint density at radius 1 is 1.12 bits per heavy atom. The highest BCUT2D eigenvalue weighted by Crippen LogP contribution is 2.39. The summed E-state index contributed by atoms with van der Waals surface area (Å²) in [6.07, 6.45) is -1.95. The third-order valence-electron chi connectivity index (χ3n) is 4.34. The number of thiophene rings is 1. The molecule has 0 aliphatic carbocycles. The van der Waals surface area contributed by atoms with Gasteiger partial charge in [0.25, 0.3) is 0 Å². The number of benzene rings is 1. The first-order valence-electron chi connectivity index (χ1n) is 7.64. The van der Waals surface area contributed by atoms with Crippen molar-refractivity contribution in [3.8, 4) is 10.4 Å². The summed E-state index contributed by atoms with van der Waals surface area (Å²) >= 11 is 2.94. The van der Waals surface area contributed by atoms with E-state index < -0.39 is 11.7 Å². The van der Waals surface area contributed by atoms with Gasteiger partial charge in [0.05, 0.1) is 21.5 Å². The number of fused-ring (bicyclic) bond motifs is 1. The normalized spacial score (nSPS) is 20.5. The highest BCUT2D eigenvalue weighted by molar-refractivity contribution is 7.18. The van der Waals surface area contributed by atoms with Crippen molar-refractivity contribution >= 4 is 27.8 Å². The van der Waals surface area contributed by atoms with Crippen LogP contribution in [-0.2, 0) is 19.1 Å². The molecule has 1 aliphatic heterocycles. The van der Waals surface area contributed by atoms with Crippen LogP contribution in [0.25, 0.3) is 10.4 Å². The van der Waals surface area contributed by atoms with Crippen LogP contribution in [0.4, 0.5) is 18.3 Å². The smallest absolute Gasteiger partial charge is 0.209 e. The summed E-state index contributed by atoms with van der Waals surface area (Å²) in [5.74, 6) is 0. The molecule has 0 saturated carbocycles. The molecule has 8 heteroatoms. The van der Waals surface area contributed by atoms with Gasteiger partial charge in [-0.3, -0.25) is 0 Å². The molecule has 130 valence electrons. The van der Waals surface area contributed by atoms with Gasteiger partial charge in [-0.25, -0.2) is 5.21 Å². The van der Waals surface area contributed by atoms with E-state index in [-0.39, 0.29) is 4.65 Å². The molecule has 4 rings (SSSR count). The van der Waals surface area contributed by atoms with E-state index in [4.69, 9.17) is 0 Å². The van der Waals surface area contributed by atoms with Crippen LogP contribution in [0.3, 0.4) is 0 Å². The van der Waals surface area contributed by atoms with Gasteiger partial charge in [-0.2, -0.15) is 18.2 Å². The monoisotopic (exact) mass is 383 g/mol. The fourth-order valence-electron chi connectivity index (χ4n) is 2.93. The molecule has 3 nitrogen and oxygen atoms in total. The zero-order valence-corrected chi connectivity index (χ0v) is 14.6. The third-order valence-corrected chi connectivity index (χ3v) is 6.48. The number of nitrogens with zero attached hydrogens (tertiary/aromatic N) is 2. The van der Waals surface area contributed by atoms with Gasteiger partial charge in [-0.15, -0.1) is 16.0 Å². The maximum absolute atomic E-state index is 12.7. The lowest BCUT2D eigenvalue weighted by Gasteiger charge is -2.30. The van der Waals surface area contributed by atoms with E-state index in [0.717, 1.165) is 28.3 Å². The molecular formula is C17H14F3N2OS2+. The van der Waals surface area contributed by atoms with Crippen LogP contribution in [0.15, 0.2) is 41.9 Å². The lowest BCUT2D eigenvalue weighted by atomic mass is 10.1. The van der Waals surface area contributed by atoms with Crippen molar-refractivity contribution in [1.82, 2.24) is 9.63 Å². The van der Waals surface area contributed by atoms with E-state index in [0.29, 0.717) is 23.8 Å². The van der Waals surface area contributed by atoms with Crippen molar-refractivity contribution in [2.45, 2.75) is 19.1 Å². The number of aromatic nitrogens is 1. The van der Waals surface area contributed by atoms with Crippen LogP contribution in [0, 0.1) is 0 Å². The number of hydrogen-bond acceptors (Lipinski definition) is 4. The minimum Gasteiger partial charge on any atom is -0.209 e. The van der Waals surface area contributed by atoms with Gasteiger partial charge >= 0.3 is 11.3 Å². The zero-order valence-electron chi connectivity index (χ0n) is 13.0. The Morgan fingerprint density at radius 3 is 2.60 bits per heavy atom. The van der Waals surface area contributed by atoms with Crippen LogP contribution >= 0.6 is 22.7 Å². The minimum absolute atomic E-state index is 0.251. The number of rotatable bonds is 2. The molecule has 2 aromatic heterocycles. The largest absolute Gasteiger partial charge is 0.416 e. The minimum atomic E-state index is -4.34. The summed E-state index contributed by atoms with van der Waals surface area (Å²) in [5, 5.41) is 13.5. The van der Waals surface area contributed by atoms with Crippen molar-refractivity contribution in [2.24, 2.45) is 0 Å². The summed E-state index contributed by atoms with van der Waals surface area (Å²) in [4.78, 5) is 6.24. The van der Waals surface area contributed by atoms with Gasteiger partial charge < -0.3 is 0 Å². The number of thiazole rings is 1. The molecule has 1 aromatic carbocycles. The number of halogens is 3. The average molecular weight is 383 g/mol. The fraction of sp³-hybridized carbons (Fsp3) is 0.235. The van der Waals surface area contributed by atoms with Crippen molar-refractivity contribution < 1.29 is 18.4 Å². The molecule has 1 atom stereocenters. The first-order valence-corrected chi connectivity index (χ1v) is 9.34. The molecule has 0 bridgehead atoms.